The van der Waals surface area contributed by atoms with Gasteiger partial charge in [0.15, 0.2) is 0 Å². The molecule has 0 aliphatic heterocycles. The lowest BCUT2D eigenvalue weighted by molar-refractivity contribution is -0.274. The molecule has 1 aromatic carbocycles. The van der Waals surface area contributed by atoms with Gasteiger partial charge in [-0.3, -0.25) is 11.3 Å². The number of nitrogens with two attached hydrogens (primary N) is 1. The van der Waals surface area contributed by atoms with E-state index >= 15 is 0 Å². The van der Waals surface area contributed by atoms with Crippen LogP contribution in [0.5, 0.6) is 5.75 Å². The molecule has 1 atom stereocenters. The highest BCUT2D eigenvalue weighted by Crippen LogP contribution is 2.26. The maximum absolute atomic E-state index is 12.1. The van der Waals surface area contributed by atoms with E-state index in [1.165, 1.54) is 17.0 Å². The molecule has 0 saturated heterocycles. The molecule has 0 bridgehead atoms. The third-order valence-corrected chi connectivity index (χ3v) is 3.91. The Balaban J connectivity index is 1.98. The van der Waals surface area contributed by atoms with Gasteiger partial charge in [0, 0.05) is 10.9 Å². The first-order valence-corrected chi connectivity index (χ1v) is 7.20. The molecule has 114 valence electrons. The molecular formula is C14H15F3N2OS. The normalized spacial score (nSPS) is 13.1. The van der Waals surface area contributed by atoms with Crippen LogP contribution < -0.4 is 16.0 Å². The number of ether oxygens (including phenoxy) is 1. The average Bonchev–Trinajstić information content (AvgIpc) is 2.92. The van der Waals surface area contributed by atoms with Gasteiger partial charge in [0.05, 0.1) is 0 Å². The summed E-state index contributed by atoms with van der Waals surface area (Å²) in [7, 11) is 0. The topological polar surface area (TPSA) is 47.3 Å². The SMILES string of the molecule is NNC(CCc1cccs1)c1ccc(OC(F)(F)F)cc1. The van der Waals surface area contributed by atoms with Gasteiger partial charge in [-0.25, -0.2) is 0 Å². The number of nitrogens with one attached hydrogen (secondary N) is 1. The van der Waals surface area contributed by atoms with Crippen LogP contribution >= 0.6 is 11.3 Å². The summed E-state index contributed by atoms with van der Waals surface area (Å²) in [6.07, 6.45) is -3.06. The molecule has 3 nitrogen and oxygen atoms in total. The van der Waals surface area contributed by atoms with Crippen LogP contribution in [0.15, 0.2) is 41.8 Å². The highest BCUT2D eigenvalue weighted by Gasteiger charge is 2.31. The van der Waals surface area contributed by atoms with Gasteiger partial charge in [0.1, 0.15) is 5.75 Å². The Morgan fingerprint density at radius 3 is 2.43 bits per heavy atom. The summed E-state index contributed by atoms with van der Waals surface area (Å²) in [5.74, 6) is 5.29. The predicted molar refractivity (Wildman–Crippen MR) is 75.8 cm³/mol. The Morgan fingerprint density at radius 1 is 1.19 bits per heavy atom. The molecule has 0 fully saturated rings. The monoisotopic (exact) mass is 316 g/mol. The summed E-state index contributed by atoms with van der Waals surface area (Å²) >= 11 is 1.67. The van der Waals surface area contributed by atoms with Crippen molar-refractivity contribution in [1.82, 2.24) is 5.43 Å². The molecule has 1 aromatic heterocycles. The van der Waals surface area contributed by atoms with E-state index in [1.54, 1.807) is 23.5 Å². The zero-order valence-corrected chi connectivity index (χ0v) is 11.9. The Labute approximate surface area is 124 Å². The van der Waals surface area contributed by atoms with Crippen molar-refractivity contribution in [3.05, 3.63) is 52.2 Å². The number of rotatable bonds is 6. The van der Waals surface area contributed by atoms with Crippen molar-refractivity contribution in [2.24, 2.45) is 5.84 Å². The first-order valence-electron chi connectivity index (χ1n) is 6.32. The number of halogens is 3. The largest absolute Gasteiger partial charge is 0.573 e. The first-order chi connectivity index (χ1) is 9.98. The molecule has 2 rings (SSSR count). The van der Waals surface area contributed by atoms with Crippen molar-refractivity contribution in [1.29, 1.82) is 0 Å². The molecule has 0 radical (unpaired) electrons. The Bertz CT molecular complexity index is 540. The Hall–Kier alpha value is -1.57. The number of hydrogen-bond donors (Lipinski definition) is 2. The van der Waals surface area contributed by atoms with Gasteiger partial charge >= 0.3 is 6.36 Å². The van der Waals surface area contributed by atoms with E-state index in [2.05, 4.69) is 10.2 Å². The van der Waals surface area contributed by atoms with E-state index in [0.717, 1.165) is 18.4 Å². The van der Waals surface area contributed by atoms with Gasteiger partial charge in [-0.05, 0) is 42.0 Å². The number of hydrogen-bond acceptors (Lipinski definition) is 4. The summed E-state index contributed by atoms with van der Waals surface area (Å²) in [6, 6.07) is 9.65. The van der Waals surface area contributed by atoms with Gasteiger partial charge in [0.25, 0.3) is 0 Å². The minimum atomic E-state index is -4.67. The van der Waals surface area contributed by atoms with Crippen molar-refractivity contribution in [2.45, 2.75) is 25.2 Å². The van der Waals surface area contributed by atoms with Crippen LogP contribution in [0.25, 0.3) is 0 Å². The number of benzene rings is 1. The van der Waals surface area contributed by atoms with Gasteiger partial charge in [-0.2, -0.15) is 0 Å². The molecule has 0 aliphatic carbocycles. The van der Waals surface area contributed by atoms with Crippen molar-refractivity contribution in [2.75, 3.05) is 0 Å². The van der Waals surface area contributed by atoms with Gasteiger partial charge in [-0.1, -0.05) is 18.2 Å². The summed E-state index contributed by atoms with van der Waals surface area (Å²) < 4.78 is 40.1. The van der Waals surface area contributed by atoms with E-state index < -0.39 is 6.36 Å². The lowest BCUT2D eigenvalue weighted by atomic mass is 10.0. The molecule has 1 unspecified atom stereocenters. The Morgan fingerprint density at radius 2 is 1.90 bits per heavy atom. The van der Waals surface area contributed by atoms with E-state index in [9.17, 15) is 13.2 Å². The van der Waals surface area contributed by atoms with Crippen LogP contribution in [-0.2, 0) is 6.42 Å². The summed E-state index contributed by atoms with van der Waals surface area (Å²) in [6.45, 7) is 0. The highest BCUT2D eigenvalue weighted by atomic mass is 32.1. The van der Waals surface area contributed by atoms with Crippen LogP contribution in [0.2, 0.25) is 0 Å². The molecule has 0 spiro atoms. The molecule has 1 heterocycles. The molecule has 3 N–H and O–H groups in total. The standard InChI is InChI=1S/C14H15F3N2OS/c15-14(16,17)20-11-5-3-10(4-6-11)13(19-18)8-7-12-2-1-9-21-12/h1-6,9,13,19H,7-8,18H2. The zero-order chi connectivity index (χ0) is 15.3. The molecule has 7 heteroatoms. The maximum atomic E-state index is 12.1. The average molecular weight is 316 g/mol. The van der Waals surface area contributed by atoms with E-state index in [4.69, 9.17) is 5.84 Å². The third kappa shape index (κ3) is 5.04. The number of thiophene rings is 1. The number of alkyl halides is 3. The molecular weight excluding hydrogens is 301 g/mol. The van der Waals surface area contributed by atoms with Gasteiger partial charge in [-0.15, -0.1) is 24.5 Å². The van der Waals surface area contributed by atoms with Crippen LogP contribution in [0, 0.1) is 0 Å². The van der Waals surface area contributed by atoms with Crippen molar-refractivity contribution in [3.8, 4) is 5.75 Å². The van der Waals surface area contributed by atoms with Crippen LogP contribution in [-0.4, -0.2) is 6.36 Å². The fourth-order valence-electron chi connectivity index (χ4n) is 1.99. The Kier molecular flexibility index (Phi) is 5.22. The van der Waals surface area contributed by atoms with Crippen molar-refractivity contribution >= 4 is 11.3 Å². The number of aryl methyl sites for hydroxylation is 1. The quantitative estimate of drug-likeness (QED) is 0.630. The van der Waals surface area contributed by atoms with E-state index in [1.807, 2.05) is 17.5 Å². The minimum absolute atomic E-state index is 0.118. The second-order valence-electron chi connectivity index (χ2n) is 4.45. The zero-order valence-electron chi connectivity index (χ0n) is 11.1. The summed E-state index contributed by atoms with van der Waals surface area (Å²) in [4.78, 5) is 1.24. The predicted octanol–water partition coefficient (Wildman–Crippen LogP) is 3.78. The molecule has 21 heavy (non-hydrogen) atoms. The minimum Gasteiger partial charge on any atom is -0.406 e. The summed E-state index contributed by atoms with van der Waals surface area (Å²) in [5.41, 5.74) is 3.51. The second kappa shape index (κ2) is 6.93. The molecule has 0 amide bonds. The lowest BCUT2D eigenvalue weighted by Gasteiger charge is -2.16. The van der Waals surface area contributed by atoms with Crippen LogP contribution in [0.1, 0.15) is 22.9 Å². The number of hydrazine groups is 1. The fourth-order valence-corrected chi connectivity index (χ4v) is 2.71. The van der Waals surface area contributed by atoms with Gasteiger partial charge in [0.2, 0.25) is 0 Å². The van der Waals surface area contributed by atoms with Crippen LogP contribution in [0.4, 0.5) is 13.2 Å². The van der Waals surface area contributed by atoms with Crippen LogP contribution in [0.3, 0.4) is 0 Å². The molecule has 2 aromatic rings. The van der Waals surface area contributed by atoms with Crippen molar-refractivity contribution < 1.29 is 17.9 Å². The maximum Gasteiger partial charge on any atom is 0.573 e. The second-order valence-corrected chi connectivity index (χ2v) is 5.49. The molecule has 0 saturated carbocycles. The van der Waals surface area contributed by atoms with E-state index in [-0.39, 0.29) is 11.8 Å². The highest BCUT2D eigenvalue weighted by molar-refractivity contribution is 7.09. The van der Waals surface area contributed by atoms with Gasteiger partial charge < -0.3 is 4.74 Å². The summed E-state index contributed by atoms with van der Waals surface area (Å²) in [5, 5.41) is 2.00. The fraction of sp³-hybridized carbons (Fsp3) is 0.286. The van der Waals surface area contributed by atoms with E-state index in [0.29, 0.717) is 0 Å². The molecule has 0 aliphatic rings. The third-order valence-electron chi connectivity index (χ3n) is 2.98. The van der Waals surface area contributed by atoms with Crippen molar-refractivity contribution in [3.63, 3.8) is 0 Å². The first kappa shape index (κ1) is 15.8. The lowest BCUT2D eigenvalue weighted by Crippen LogP contribution is -2.28. The smallest absolute Gasteiger partial charge is 0.406 e.